The Kier molecular flexibility index (Phi) is 5.31. The van der Waals surface area contributed by atoms with Crippen LogP contribution in [0.4, 0.5) is 26.3 Å². The second-order valence-electron chi connectivity index (χ2n) is 6.27. The first-order chi connectivity index (χ1) is 13.9. The summed E-state index contributed by atoms with van der Waals surface area (Å²) in [6.07, 6.45) is -8.45. The maximum absolute atomic E-state index is 13.6. The zero-order valence-electron chi connectivity index (χ0n) is 15.1. The van der Waals surface area contributed by atoms with Gasteiger partial charge in [-0.15, -0.1) is 0 Å². The molecule has 0 amide bonds. The Morgan fingerprint density at radius 2 is 1.70 bits per heavy atom. The van der Waals surface area contributed by atoms with Crippen LogP contribution in [0.5, 0.6) is 5.75 Å². The van der Waals surface area contributed by atoms with Gasteiger partial charge in [-0.1, -0.05) is 12.1 Å². The van der Waals surface area contributed by atoms with Crippen molar-refractivity contribution in [2.45, 2.75) is 19.3 Å². The van der Waals surface area contributed by atoms with Crippen LogP contribution in [0.3, 0.4) is 0 Å². The molecule has 11 heteroatoms. The van der Waals surface area contributed by atoms with Gasteiger partial charge in [-0.05, 0) is 36.8 Å². The Balaban J connectivity index is 2.15. The van der Waals surface area contributed by atoms with Crippen LogP contribution in [-0.2, 0) is 6.18 Å². The summed E-state index contributed by atoms with van der Waals surface area (Å²) in [5.74, 6) is -0.650. The molecule has 30 heavy (non-hydrogen) atoms. The minimum absolute atomic E-state index is 0.0777. The number of fused-ring (bicyclic) bond motifs is 1. The Hall–Kier alpha value is -3.37. The third kappa shape index (κ3) is 4.44. The fourth-order valence-corrected chi connectivity index (χ4v) is 2.71. The summed E-state index contributed by atoms with van der Waals surface area (Å²) >= 11 is 0. The normalized spacial score (nSPS) is 12.2. The lowest BCUT2D eigenvalue weighted by molar-refractivity contribution is -0.153. The van der Waals surface area contributed by atoms with E-state index < -0.39 is 41.6 Å². The van der Waals surface area contributed by atoms with E-state index in [9.17, 15) is 35.9 Å². The number of hydrogen-bond acceptors (Lipinski definition) is 4. The molecule has 0 saturated heterocycles. The minimum atomic E-state index is -5.00. The van der Waals surface area contributed by atoms with E-state index in [1.807, 2.05) is 0 Å². The Labute approximate surface area is 164 Å². The zero-order valence-corrected chi connectivity index (χ0v) is 15.1. The van der Waals surface area contributed by atoms with Crippen molar-refractivity contribution in [2.75, 3.05) is 6.61 Å². The summed E-state index contributed by atoms with van der Waals surface area (Å²) in [6, 6.07) is 6.45. The largest absolute Gasteiger partial charge is 0.484 e. The highest BCUT2D eigenvalue weighted by molar-refractivity contribution is 5.94. The van der Waals surface area contributed by atoms with Crippen molar-refractivity contribution in [2.24, 2.45) is 0 Å². The van der Waals surface area contributed by atoms with Crippen molar-refractivity contribution in [1.82, 2.24) is 9.38 Å². The van der Waals surface area contributed by atoms with Gasteiger partial charge in [0.25, 0.3) is 5.56 Å². The highest BCUT2D eigenvalue weighted by Gasteiger charge is 2.38. The third-order valence-corrected chi connectivity index (χ3v) is 4.05. The number of Topliss-reactive ketones (excluding diaryl/α,β-unsaturated/α-hetero) is 1. The van der Waals surface area contributed by atoms with Gasteiger partial charge in [0, 0.05) is 11.8 Å². The molecule has 0 bridgehead atoms. The number of nitrogens with zero attached hydrogens (tertiary/aromatic N) is 2. The number of ketones is 1. The van der Waals surface area contributed by atoms with Crippen LogP contribution < -0.4 is 10.3 Å². The van der Waals surface area contributed by atoms with E-state index in [2.05, 4.69) is 9.72 Å². The Morgan fingerprint density at radius 3 is 2.23 bits per heavy atom. The average molecular weight is 430 g/mol. The monoisotopic (exact) mass is 430 g/mol. The number of hydrogen-bond donors (Lipinski definition) is 0. The molecular weight excluding hydrogens is 418 g/mol. The van der Waals surface area contributed by atoms with Crippen molar-refractivity contribution in [1.29, 1.82) is 0 Å². The summed E-state index contributed by atoms with van der Waals surface area (Å²) in [6.45, 7) is -0.357. The fraction of sp³-hybridized carbons (Fsp3) is 0.211. The van der Waals surface area contributed by atoms with Crippen LogP contribution in [0.1, 0.15) is 23.0 Å². The molecule has 0 unspecified atom stereocenters. The van der Waals surface area contributed by atoms with Crippen LogP contribution in [0, 0.1) is 0 Å². The predicted molar refractivity (Wildman–Crippen MR) is 93.5 cm³/mol. The van der Waals surface area contributed by atoms with E-state index in [0.717, 1.165) is 40.9 Å². The molecule has 0 saturated carbocycles. The third-order valence-electron chi connectivity index (χ3n) is 4.05. The molecule has 3 aromatic rings. The van der Waals surface area contributed by atoms with Crippen LogP contribution in [0.25, 0.3) is 16.8 Å². The molecule has 0 aliphatic rings. The molecule has 158 valence electrons. The minimum Gasteiger partial charge on any atom is -0.484 e. The quantitative estimate of drug-likeness (QED) is 0.451. The molecule has 0 N–H and O–H groups in total. The molecule has 0 fully saturated rings. The molecule has 1 aromatic carbocycles. The van der Waals surface area contributed by atoms with Crippen molar-refractivity contribution in [3.8, 4) is 16.9 Å². The summed E-state index contributed by atoms with van der Waals surface area (Å²) in [4.78, 5) is 27.8. The molecule has 0 radical (unpaired) electrons. The highest BCUT2D eigenvalue weighted by atomic mass is 19.4. The van der Waals surface area contributed by atoms with Crippen LogP contribution in [0.15, 0.2) is 47.4 Å². The number of carbonyl (C=O) groups excluding carboxylic acids is 1. The van der Waals surface area contributed by atoms with Gasteiger partial charge in [0.15, 0.2) is 18.1 Å². The van der Waals surface area contributed by atoms with Crippen molar-refractivity contribution in [3.05, 3.63) is 64.2 Å². The van der Waals surface area contributed by atoms with Crippen molar-refractivity contribution in [3.63, 3.8) is 0 Å². The number of halogens is 6. The van der Waals surface area contributed by atoms with Gasteiger partial charge in [-0.2, -0.15) is 26.3 Å². The maximum Gasteiger partial charge on any atom is 0.434 e. The van der Waals surface area contributed by atoms with E-state index in [4.69, 9.17) is 0 Å². The van der Waals surface area contributed by atoms with Crippen molar-refractivity contribution < 1.29 is 35.9 Å². The van der Waals surface area contributed by atoms with Gasteiger partial charge in [0.2, 0.25) is 0 Å². The second-order valence-corrected chi connectivity index (χ2v) is 6.27. The summed E-state index contributed by atoms with van der Waals surface area (Å²) < 4.78 is 82.9. The van der Waals surface area contributed by atoms with E-state index in [0.29, 0.717) is 0 Å². The van der Waals surface area contributed by atoms with Gasteiger partial charge in [0.1, 0.15) is 11.4 Å². The summed E-state index contributed by atoms with van der Waals surface area (Å²) in [7, 11) is 0. The standard InChI is InChI=1S/C19H12F6N2O3/c1-10(28)12-6-7-27-14(8-12)26-16(19(23,24)25)15(17(27)29)11-2-4-13(5-3-11)30-9-18(20,21)22/h2-8H,9H2,1H3. The van der Waals surface area contributed by atoms with Gasteiger partial charge in [-0.3, -0.25) is 14.0 Å². The van der Waals surface area contributed by atoms with Gasteiger partial charge in [0.05, 0.1) is 5.56 Å². The van der Waals surface area contributed by atoms with Crippen LogP contribution in [0.2, 0.25) is 0 Å². The number of rotatable bonds is 4. The first-order valence-corrected chi connectivity index (χ1v) is 8.31. The number of carbonyl (C=O) groups is 1. The molecule has 0 atom stereocenters. The van der Waals surface area contributed by atoms with Crippen LogP contribution >= 0.6 is 0 Å². The van der Waals surface area contributed by atoms with Gasteiger partial charge in [-0.25, -0.2) is 4.98 Å². The number of pyridine rings is 1. The number of aromatic nitrogens is 2. The van der Waals surface area contributed by atoms with E-state index in [-0.39, 0.29) is 22.5 Å². The topological polar surface area (TPSA) is 60.7 Å². The van der Waals surface area contributed by atoms with E-state index in [1.54, 1.807) is 0 Å². The zero-order chi connectivity index (χ0) is 22.3. The molecule has 0 aliphatic heterocycles. The van der Waals surface area contributed by atoms with Gasteiger partial charge < -0.3 is 4.74 Å². The molecular formula is C19H12F6N2O3. The second kappa shape index (κ2) is 7.47. The molecule has 0 spiro atoms. The van der Waals surface area contributed by atoms with Crippen LogP contribution in [-0.4, -0.2) is 28.0 Å². The van der Waals surface area contributed by atoms with Crippen molar-refractivity contribution >= 4 is 11.4 Å². The number of benzene rings is 1. The predicted octanol–water partition coefficient (Wildman–Crippen LogP) is 4.52. The lowest BCUT2D eigenvalue weighted by atomic mass is 10.0. The Bertz CT molecular complexity index is 1160. The molecule has 2 heterocycles. The highest BCUT2D eigenvalue weighted by Crippen LogP contribution is 2.35. The lowest BCUT2D eigenvalue weighted by Crippen LogP contribution is -2.24. The smallest absolute Gasteiger partial charge is 0.434 e. The molecule has 0 aliphatic carbocycles. The molecule has 5 nitrogen and oxygen atoms in total. The SMILES string of the molecule is CC(=O)c1ccn2c(=O)c(-c3ccc(OCC(F)(F)F)cc3)c(C(F)(F)F)nc2c1. The number of ether oxygens (including phenoxy) is 1. The molecule has 2 aromatic heterocycles. The average Bonchev–Trinajstić information content (AvgIpc) is 2.65. The maximum atomic E-state index is 13.6. The summed E-state index contributed by atoms with van der Waals surface area (Å²) in [5.41, 5.74) is -3.80. The summed E-state index contributed by atoms with van der Waals surface area (Å²) in [5, 5.41) is 0. The number of alkyl halides is 6. The first kappa shape index (κ1) is 21.3. The van der Waals surface area contributed by atoms with E-state index >= 15 is 0 Å². The Morgan fingerprint density at radius 1 is 1.07 bits per heavy atom. The van der Waals surface area contributed by atoms with E-state index in [1.165, 1.54) is 13.0 Å². The lowest BCUT2D eigenvalue weighted by Gasteiger charge is -2.14. The fourth-order valence-electron chi connectivity index (χ4n) is 2.71. The first-order valence-electron chi connectivity index (χ1n) is 8.31. The molecule has 3 rings (SSSR count). The van der Waals surface area contributed by atoms with Gasteiger partial charge >= 0.3 is 12.4 Å².